The van der Waals surface area contributed by atoms with Gasteiger partial charge < -0.3 is 4.74 Å². The second-order valence-electron chi connectivity index (χ2n) is 4.16. The van der Waals surface area contributed by atoms with Crippen LogP contribution in [0.25, 0.3) is 0 Å². The normalized spacial score (nSPS) is 12.1. The molecule has 0 bridgehead atoms. The van der Waals surface area contributed by atoms with Crippen molar-refractivity contribution in [1.29, 1.82) is 0 Å². The van der Waals surface area contributed by atoms with Crippen LogP contribution in [0.2, 0.25) is 0 Å². The number of nitrogens with zero attached hydrogens (tertiary/aromatic N) is 2. The Kier molecular flexibility index (Phi) is 5.78. The van der Waals surface area contributed by atoms with Gasteiger partial charge in [-0.05, 0) is 6.07 Å². The first-order valence-corrected chi connectivity index (χ1v) is 7.70. The highest BCUT2D eigenvalue weighted by Crippen LogP contribution is 2.20. The second kappa shape index (κ2) is 6.88. The number of rotatable bonds is 7. The smallest absolute Gasteiger partial charge is 0.282 e. The van der Waals surface area contributed by atoms with E-state index in [-0.39, 0.29) is 0 Å². The summed E-state index contributed by atoms with van der Waals surface area (Å²) in [6.07, 6.45) is 0. The van der Waals surface area contributed by atoms with Crippen molar-refractivity contribution in [3.05, 3.63) is 29.8 Å². The highest BCUT2D eigenvalue weighted by molar-refractivity contribution is 7.86. The molecule has 0 aliphatic carbocycles. The van der Waals surface area contributed by atoms with Gasteiger partial charge in [0.2, 0.25) is 0 Å². The molecule has 1 aromatic carbocycles. The molecule has 0 unspecified atom stereocenters. The van der Waals surface area contributed by atoms with Crippen LogP contribution in [0.4, 0.5) is 0 Å². The van der Waals surface area contributed by atoms with Crippen LogP contribution in [0.3, 0.4) is 0 Å². The van der Waals surface area contributed by atoms with Gasteiger partial charge in [-0.3, -0.25) is 0 Å². The highest BCUT2D eigenvalue weighted by Gasteiger charge is 2.24. The molecule has 0 aliphatic heterocycles. The second-order valence-corrected chi connectivity index (χ2v) is 6.20. The first kappa shape index (κ1) is 15.9. The van der Waals surface area contributed by atoms with Gasteiger partial charge in [-0.1, -0.05) is 32.0 Å². The average Bonchev–Trinajstić information content (AvgIpc) is 2.40. The fraction of sp³-hybridized carbons (Fsp3) is 0.538. The van der Waals surface area contributed by atoms with Gasteiger partial charge in [-0.25, -0.2) is 0 Å². The van der Waals surface area contributed by atoms with Gasteiger partial charge in [0.25, 0.3) is 10.2 Å². The van der Waals surface area contributed by atoms with Gasteiger partial charge in [0.1, 0.15) is 5.75 Å². The summed E-state index contributed by atoms with van der Waals surface area (Å²) in [5.74, 6) is 0.698. The minimum absolute atomic E-state index is 0.294. The monoisotopic (exact) mass is 286 g/mol. The van der Waals surface area contributed by atoms with Crippen molar-refractivity contribution in [1.82, 2.24) is 8.61 Å². The topological polar surface area (TPSA) is 49.9 Å². The summed E-state index contributed by atoms with van der Waals surface area (Å²) in [7, 11) is -0.249. The van der Waals surface area contributed by atoms with E-state index in [1.54, 1.807) is 14.2 Å². The van der Waals surface area contributed by atoms with Crippen LogP contribution in [-0.2, 0) is 16.8 Å². The standard InChI is InChI=1S/C13H22N2O3S/c1-5-15(6-2)19(16,17)14(3)11-12-9-7-8-10-13(12)18-4/h7-10H,5-6,11H2,1-4H3. The Morgan fingerprint density at radius 3 is 2.26 bits per heavy atom. The van der Waals surface area contributed by atoms with Crippen molar-refractivity contribution >= 4 is 10.2 Å². The quantitative estimate of drug-likeness (QED) is 0.767. The molecule has 0 saturated heterocycles. The summed E-state index contributed by atoms with van der Waals surface area (Å²) in [6, 6.07) is 7.43. The molecule has 0 spiro atoms. The number of benzene rings is 1. The molecule has 0 amide bonds. The zero-order chi connectivity index (χ0) is 14.5. The maximum Gasteiger partial charge on any atom is 0.282 e. The number of hydrogen-bond acceptors (Lipinski definition) is 3. The summed E-state index contributed by atoms with van der Waals surface area (Å²) < 4.78 is 32.6. The number of para-hydroxylation sites is 1. The predicted molar refractivity (Wildman–Crippen MR) is 76.3 cm³/mol. The summed E-state index contributed by atoms with van der Waals surface area (Å²) in [5.41, 5.74) is 0.850. The Labute approximate surface area is 116 Å². The van der Waals surface area contributed by atoms with Crippen LogP contribution >= 0.6 is 0 Å². The van der Waals surface area contributed by atoms with Crippen molar-refractivity contribution in [3.63, 3.8) is 0 Å². The van der Waals surface area contributed by atoms with Crippen LogP contribution in [0.5, 0.6) is 5.75 Å². The zero-order valence-corrected chi connectivity index (χ0v) is 12.8. The van der Waals surface area contributed by atoms with Crippen molar-refractivity contribution in [3.8, 4) is 5.75 Å². The predicted octanol–water partition coefficient (Wildman–Crippen LogP) is 1.71. The fourth-order valence-electron chi connectivity index (χ4n) is 1.90. The van der Waals surface area contributed by atoms with Crippen molar-refractivity contribution in [2.45, 2.75) is 20.4 Å². The molecular formula is C13H22N2O3S. The van der Waals surface area contributed by atoms with Gasteiger partial charge in [-0.2, -0.15) is 17.0 Å². The Hall–Kier alpha value is -1.11. The fourth-order valence-corrected chi connectivity index (χ4v) is 3.25. The van der Waals surface area contributed by atoms with Crippen LogP contribution in [-0.4, -0.2) is 44.3 Å². The lowest BCUT2D eigenvalue weighted by molar-refractivity contribution is 0.366. The third-order valence-electron chi connectivity index (χ3n) is 3.01. The lowest BCUT2D eigenvalue weighted by Crippen LogP contribution is -2.41. The molecule has 1 aromatic rings. The minimum Gasteiger partial charge on any atom is -0.496 e. The Morgan fingerprint density at radius 2 is 1.74 bits per heavy atom. The number of ether oxygens (including phenoxy) is 1. The van der Waals surface area contributed by atoms with Crippen LogP contribution in [0, 0.1) is 0 Å². The molecule has 0 saturated carbocycles. The maximum absolute atomic E-state index is 12.3. The molecule has 0 N–H and O–H groups in total. The van der Waals surface area contributed by atoms with E-state index in [0.29, 0.717) is 25.4 Å². The Bertz CT molecular complexity index is 498. The van der Waals surface area contributed by atoms with Gasteiger partial charge in [0, 0.05) is 32.2 Å². The summed E-state index contributed by atoms with van der Waals surface area (Å²) in [4.78, 5) is 0. The Morgan fingerprint density at radius 1 is 1.16 bits per heavy atom. The van der Waals surface area contributed by atoms with Crippen molar-refractivity contribution < 1.29 is 13.2 Å². The summed E-state index contributed by atoms with van der Waals surface area (Å²) in [6.45, 7) is 4.89. The largest absolute Gasteiger partial charge is 0.496 e. The number of methoxy groups -OCH3 is 1. The average molecular weight is 286 g/mol. The van der Waals surface area contributed by atoms with Gasteiger partial charge in [-0.15, -0.1) is 0 Å². The zero-order valence-electron chi connectivity index (χ0n) is 12.0. The molecule has 0 fully saturated rings. The molecule has 0 aliphatic rings. The number of hydrogen-bond donors (Lipinski definition) is 0. The van der Waals surface area contributed by atoms with Crippen LogP contribution < -0.4 is 4.74 Å². The van der Waals surface area contributed by atoms with E-state index >= 15 is 0 Å². The van der Waals surface area contributed by atoms with Crippen LogP contribution in [0.15, 0.2) is 24.3 Å². The highest BCUT2D eigenvalue weighted by atomic mass is 32.2. The van der Waals surface area contributed by atoms with Crippen molar-refractivity contribution in [2.24, 2.45) is 0 Å². The SMILES string of the molecule is CCN(CC)S(=O)(=O)N(C)Cc1ccccc1OC. The Balaban J connectivity index is 2.93. The molecule has 19 heavy (non-hydrogen) atoms. The lowest BCUT2D eigenvalue weighted by Gasteiger charge is -2.25. The maximum atomic E-state index is 12.3. The van der Waals surface area contributed by atoms with Gasteiger partial charge in [0.15, 0.2) is 0 Å². The molecular weight excluding hydrogens is 264 g/mol. The molecule has 0 radical (unpaired) electrons. The van der Waals surface area contributed by atoms with Gasteiger partial charge in [0.05, 0.1) is 7.11 Å². The summed E-state index contributed by atoms with van der Waals surface area (Å²) >= 11 is 0. The van der Waals surface area contributed by atoms with E-state index in [4.69, 9.17) is 4.74 Å². The van der Waals surface area contributed by atoms with E-state index in [2.05, 4.69) is 0 Å². The molecule has 0 atom stereocenters. The molecule has 0 heterocycles. The molecule has 6 heteroatoms. The third kappa shape index (κ3) is 3.68. The molecule has 5 nitrogen and oxygen atoms in total. The van der Waals surface area contributed by atoms with E-state index < -0.39 is 10.2 Å². The minimum atomic E-state index is -3.41. The van der Waals surface area contributed by atoms with Crippen LogP contribution in [0.1, 0.15) is 19.4 Å². The van der Waals surface area contributed by atoms with E-state index in [9.17, 15) is 8.42 Å². The van der Waals surface area contributed by atoms with E-state index in [1.165, 1.54) is 8.61 Å². The first-order valence-electron chi connectivity index (χ1n) is 6.30. The lowest BCUT2D eigenvalue weighted by atomic mass is 10.2. The van der Waals surface area contributed by atoms with E-state index in [0.717, 1.165) is 5.56 Å². The molecule has 0 aromatic heterocycles. The van der Waals surface area contributed by atoms with Gasteiger partial charge >= 0.3 is 0 Å². The van der Waals surface area contributed by atoms with E-state index in [1.807, 2.05) is 38.1 Å². The summed E-state index contributed by atoms with van der Waals surface area (Å²) in [5, 5.41) is 0. The third-order valence-corrected chi connectivity index (χ3v) is 5.10. The molecule has 108 valence electrons. The van der Waals surface area contributed by atoms with Crippen molar-refractivity contribution in [2.75, 3.05) is 27.2 Å². The first-order chi connectivity index (χ1) is 8.97. The molecule has 1 rings (SSSR count).